The maximum Gasteiger partial charge on any atom is 0.142 e. The molecule has 0 radical (unpaired) electrons. The van der Waals surface area contributed by atoms with Crippen LogP contribution in [-0.4, -0.2) is 0 Å². The normalized spacial score (nSPS) is 10.7. The van der Waals surface area contributed by atoms with E-state index in [-0.39, 0.29) is 6.61 Å². The van der Waals surface area contributed by atoms with Crippen molar-refractivity contribution in [1.82, 2.24) is 0 Å². The quantitative estimate of drug-likeness (QED) is 0.552. The Morgan fingerprint density at radius 1 is 1.10 bits per heavy atom. The van der Waals surface area contributed by atoms with Gasteiger partial charge in [-0.05, 0) is 24.3 Å². The molecule has 0 aromatic heterocycles. The molecule has 2 aromatic carbocycles. The molecule has 0 unspecified atom stereocenters. The van der Waals surface area contributed by atoms with Gasteiger partial charge in [0.2, 0.25) is 0 Å². The van der Waals surface area contributed by atoms with Crippen molar-refractivity contribution in [2.45, 2.75) is 11.9 Å². The fraction of sp³-hybridized carbons (Fsp3) is 0.143. The highest BCUT2D eigenvalue weighted by molar-refractivity contribution is 9.08. The second-order valence-corrected chi connectivity index (χ2v) is 5.81. The lowest BCUT2D eigenvalue weighted by Crippen LogP contribution is -2.02. The topological polar surface area (TPSA) is 9.23 Å². The van der Waals surface area contributed by atoms with E-state index in [1.54, 1.807) is 24.3 Å². The molecule has 0 aliphatic carbocycles. The number of alkyl halides is 1. The van der Waals surface area contributed by atoms with Crippen molar-refractivity contribution in [2.24, 2.45) is 0 Å². The van der Waals surface area contributed by atoms with Gasteiger partial charge in [0.1, 0.15) is 18.2 Å². The fourth-order valence-electron chi connectivity index (χ4n) is 1.69. The molecule has 6 heteroatoms. The van der Waals surface area contributed by atoms with E-state index in [0.29, 0.717) is 31.7 Å². The smallest absolute Gasteiger partial charge is 0.142 e. The third-order valence-electron chi connectivity index (χ3n) is 2.65. The molecule has 0 amide bonds. The number of hydrogen-bond acceptors (Lipinski definition) is 1. The minimum atomic E-state index is -0.414. The summed E-state index contributed by atoms with van der Waals surface area (Å²) in [7, 11) is 0. The summed E-state index contributed by atoms with van der Waals surface area (Å²) in [6, 6.07) is 7.80. The number of halogens is 5. The zero-order chi connectivity index (χ0) is 14.7. The minimum Gasteiger partial charge on any atom is -0.487 e. The molecule has 0 bridgehead atoms. The van der Waals surface area contributed by atoms with Crippen LogP contribution in [0.15, 0.2) is 30.3 Å². The van der Waals surface area contributed by atoms with Gasteiger partial charge in [-0.2, -0.15) is 0 Å². The average Bonchev–Trinajstić information content (AvgIpc) is 2.39. The molecule has 2 aromatic rings. The number of hydrogen-bond donors (Lipinski definition) is 0. The lowest BCUT2D eigenvalue weighted by atomic mass is 10.2. The fourth-order valence-corrected chi connectivity index (χ4v) is 2.91. The van der Waals surface area contributed by atoms with Crippen molar-refractivity contribution in [3.8, 4) is 5.75 Å². The number of benzene rings is 2. The van der Waals surface area contributed by atoms with Crippen LogP contribution < -0.4 is 4.74 Å². The second kappa shape index (κ2) is 6.99. The van der Waals surface area contributed by atoms with E-state index in [4.69, 9.17) is 39.5 Å². The van der Waals surface area contributed by atoms with Crippen LogP contribution in [0.25, 0.3) is 0 Å². The van der Waals surface area contributed by atoms with Gasteiger partial charge >= 0.3 is 0 Å². The summed E-state index contributed by atoms with van der Waals surface area (Å²) in [4.78, 5) is 0. The van der Waals surface area contributed by atoms with Crippen LogP contribution in [0.1, 0.15) is 11.1 Å². The molecular weight excluding hydrogens is 389 g/mol. The monoisotopic (exact) mass is 396 g/mol. The largest absolute Gasteiger partial charge is 0.487 e. The third kappa shape index (κ3) is 3.59. The molecule has 0 saturated heterocycles. The van der Waals surface area contributed by atoms with Gasteiger partial charge in [0, 0.05) is 21.5 Å². The second-order valence-electron chi connectivity index (χ2n) is 4.00. The molecule has 0 saturated carbocycles. The molecule has 0 aliphatic heterocycles. The summed E-state index contributed by atoms with van der Waals surface area (Å²) in [5.74, 6) is 0.0511. The summed E-state index contributed by atoms with van der Waals surface area (Å²) in [5, 5.41) is 1.73. The number of rotatable bonds is 4. The van der Waals surface area contributed by atoms with Crippen LogP contribution in [-0.2, 0) is 11.9 Å². The molecule has 106 valence electrons. The lowest BCUT2D eigenvalue weighted by molar-refractivity contribution is 0.298. The maximum atomic E-state index is 13.7. The molecule has 0 atom stereocenters. The van der Waals surface area contributed by atoms with Crippen molar-refractivity contribution in [1.29, 1.82) is 0 Å². The van der Waals surface area contributed by atoms with Crippen LogP contribution in [0, 0.1) is 5.82 Å². The highest BCUT2D eigenvalue weighted by atomic mass is 79.9. The van der Waals surface area contributed by atoms with E-state index in [0.717, 1.165) is 5.56 Å². The Morgan fingerprint density at radius 3 is 2.50 bits per heavy atom. The molecular formula is C14H9BrCl3FO. The van der Waals surface area contributed by atoms with Crippen LogP contribution >= 0.6 is 50.7 Å². The van der Waals surface area contributed by atoms with E-state index in [1.807, 2.05) is 0 Å². The molecule has 20 heavy (non-hydrogen) atoms. The molecule has 0 spiro atoms. The van der Waals surface area contributed by atoms with Crippen molar-refractivity contribution in [3.63, 3.8) is 0 Å². The van der Waals surface area contributed by atoms with Gasteiger partial charge in [0.15, 0.2) is 0 Å². The summed E-state index contributed by atoms with van der Waals surface area (Å²) in [6.45, 7) is -0.00708. The zero-order valence-corrected chi connectivity index (χ0v) is 14.0. The van der Waals surface area contributed by atoms with Crippen LogP contribution in [0.3, 0.4) is 0 Å². The molecule has 0 fully saturated rings. The predicted molar refractivity (Wildman–Crippen MR) is 84.8 cm³/mol. The Balaban J connectivity index is 2.27. The molecule has 0 heterocycles. The van der Waals surface area contributed by atoms with Gasteiger partial charge in [-0.1, -0.05) is 56.8 Å². The molecule has 0 aliphatic rings. The highest BCUT2D eigenvalue weighted by Crippen LogP contribution is 2.34. The standard InChI is InChI=1S/C14H9BrCl3FO/c15-6-8-4-9(16)5-12(18)14(8)20-7-10-11(17)2-1-3-13(10)19/h1-5H,6-7H2. The summed E-state index contributed by atoms with van der Waals surface area (Å²) in [6.07, 6.45) is 0. The van der Waals surface area contributed by atoms with Crippen molar-refractivity contribution < 1.29 is 9.13 Å². The van der Waals surface area contributed by atoms with E-state index in [2.05, 4.69) is 15.9 Å². The maximum absolute atomic E-state index is 13.7. The Kier molecular flexibility index (Phi) is 5.56. The Hall–Kier alpha value is -0.480. The molecule has 0 N–H and O–H groups in total. The number of ether oxygens (including phenoxy) is 1. The predicted octanol–water partition coefficient (Wildman–Crippen LogP) is 6.26. The Labute approximate surface area is 139 Å². The summed E-state index contributed by atoms with van der Waals surface area (Å²) >= 11 is 21.3. The average molecular weight is 398 g/mol. The SMILES string of the molecule is Fc1cccc(Cl)c1COc1c(Cl)cc(Cl)cc1CBr. The van der Waals surface area contributed by atoms with Crippen molar-refractivity contribution >= 4 is 50.7 Å². The van der Waals surface area contributed by atoms with Gasteiger partial charge in [-0.15, -0.1) is 0 Å². The van der Waals surface area contributed by atoms with Crippen molar-refractivity contribution in [2.75, 3.05) is 0 Å². The Bertz CT molecular complexity index is 614. The van der Waals surface area contributed by atoms with Gasteiger partial charge in [-0.3, -0.25) is 0 Å². The first kappa shape index (κ1) is 15.9. The van der Waals surface area contributed by atoms with Crippen LogP contribution in [0.5, 0.6) is 5.75 Å². The van der Waals surface area contributed by atoms with E-state index < -0.39 is 5.82 Å². The highest BCUT2D eigenvalue weighted by Gasteiger charge is 2.13. The first-order valence-electron chi connectivity index (χ1n) is 5.62. The lowest BCUT2D eigenvalue weighted by Gasteiger charge is -2.13. The summed E-state index contributed by atoms with van der Waals surface area (Å²) < 4.78 is 19.3. The first-order chi connectivity index (χ1) is 9.52. The van der Waals surface area contributed by atoms with Gasteiger partial charge in [-0.25, -0.2) is 4.39 Å². The zero-order valence-electron chi connectivity index (χ0n) is 10.1. The van der Waals surface area contributed by atoms with Crippen LogP contribution in [0.4, 0.5) is 4.39 Å². The molecule has 1 nitrogen and oxygen atoms in total. The van der Waals surface area contributed by atoms with Crippen molar-refractivity contribution in [3.05, 3.63) is 62.3 Å². The minimum absolute atomic E-state index is 0.00708. The first-order valence-corrected chi connectivity index (χ1v) is 7.88. The van der Waals surface area contributed by atoms with E-state index >= 15 is 0 Å². The van der Waals surface area contributed by atoms with E-state index in [1.165, 1.54) is 6.07 Å². The third-order valence-corrected chi connectivity index (χ3v) is 4.11. The van der Waals surface area contributed by atoms with Gasteiger partial charge in [0.05, 0.1) is 10.0 Å². The van der Waals surface area contributed by atoms with E-state index in [9.17, 15) is 4.39 Å². The van der Waals surface area contributed by atoms with Gasteiger partial charge < -0.3 is 4.74 Å². The van der Waals surface area contributed by atoms with Crippen LogP contribution in [0.2, 0.25) is 15.1 Å². The summed E-state index contributed by atoms with van der Waals surface area (Å²) in [5.41, 5.74) is 1.08. The Morgan fingerprint density at radius 2 is 1.85 bits per heavy atom. The van der Waals surface area contributed by atoms with Gasteiger partial charge in [0.25, 0.3) is 0 Å². The molecule has 2 rings (SSSR count).